The van der Waals surface area contributed by atoms with Crippen LogP contribution < -0.4 is 11.3 Å². The lowest BCUT2D eigenvalue weighted by Gasteiger charge is -2.17. The van der Waals surface area contributed by atoms with Crippen molar-refractivity contribution >= 4 is 0 Å². The van der Waals surface area contributed by atoms with Gasteiger partial charge in [-0.1, -0.05) is 13.8 Å². The van der Waals surface area contributed by atoms with Crippen LogP contribution in [0.25, 0.3) is 0 Å². The molecule has 3 heteroatoms. The molecule has 0 rings (SSSR count). The molecule has 0 saturated heterocycles. The molecule has 0 amide bonds. The number of rotatable bonds is 6. The van der Waals surface area contributed by atoms with Crippen molar-refractivity contribution < 1.29 is 4.74 Å². The summed E-state index contributed by atoms with van der Waals surface area (Å²) in [6.07, 6.45) is 2.16. The molecule has 0 aromatic carbocycles. The van der Waals surface area contributed by atoms with E-state index in [9.17, 15) is 0 Å². The summed E-state index contributed by atoms with van der Waals surface area (Å²) in [5, 5.41) is 0. The lowest BCUT2D eigenvalue weighted by molar-refractivity contribution is 0.149. The second kappa shape index (κ2) is 6.58. The summed E-state index contributed by atoms with van der Waals surface area (Å²) in [4.78, 5) is 0. The van der Waals surface area contributed by atoms with Crippen molar-refractivity contribution in [1.29, 1.82) is 0 Å². The lowest BCUT2D eigenvalue weighted by atomic mass is 10.0. The average molecular weight is 160 g/mol. The van der Waals surface area contributed by atoms with Gasteiger partial charge in [-0.25, -0.2) is 0 Å². The van der Waals surface area contributed by atoms with Gasteiger partial charge in [-0.15, -0.1) is 0 Å². The zero-order valence-electron chi connectivity index (χ0n) is 7.76. The van der Waals surface area contributed by atoms with Crippen LogP contribution in [-0.4, -0.2) is 19.8 Å². The predicted octanol–water partition coefficient (Wildman–Crippen LogP) is 0.901. The van der Waals surface area contributed by atoms with Gasteiger partial charge in [-0.3, -0.25) is 11.3 Å². The first kappa shape index (κ1) is 10.9. The number of nitrogens with one attached hydrogen (secondary N) is 1. The first-order valence-corrected chi connectivity index (χ1v) is 4.19. The van der Waals surface area contributed by atoms with E-state index in [4.69, 9.17) is 10.6 Å². The van der Waals surface area contributed by atoms with E-state index in [2.05, 4.69) is 19.3 Å². The maximum absolute atomic E-state index is 5.34. The van der Waals surface area contributed by atoms with E-state index in [-0.39, 0.29) is 0 Å². The zero-order valence-corrected chi connectivity index (χ0v) is 7.76. The molecular weight excluding hydrogens is 140 g/mol. The van der Waals surface area contributed by atoms with E-state index < -0.39 is 0 Å². The molecule has 0 radical (unpaired) electrons. The Hall–Kier alpha value is -0.120. The highest BCUT2D eigenvalue weighted by molar-refractivity contribution is 4.64. The minimum atomic E-state index is 0.431. The highest BCUT2D eigenvalue weighted by atomic mass is 16.5. The number of hydrogen-bond acceptors (Lipinski definition) is 3. The number of nitrogens with two attached hydrogens (primary N) is 1. The average Bonchev–Trinajstić information content (AvgIpc) is 2.01. The van der Waals surface area contributed by atoms with Crippen LogP contribution in [0.15, 0.2) is 0 Å². The van der Waals surface area contributed by atoms with Gasteiger partial charge in [0.25, 0.3) is 0 Å². The monoisotopic (exact) mass is 160 g/mol. The molecule has 0 bridgehead atoms. The second-order valence-corrected chi connectivity index (χ2v) is 3.07. The molecule has 0 aliphatic heterocycles. The molecule has 0 heterocycles. The molecule has 0 aliphatic carbocycles. The molecule has 0 aliphatic rings. The molecule has 3 N–H and O–H groups in total. The topological polar surface area (TPSA) is 47.3 Å². The largest absolute Gasteiger partial charge is 0.384 e. The minimum Gasteiger partial charge on any atom is -0.384 e. The smallest absolute Gasteiger partial charge is 0.0488 e. The van der Waals surface area contributed by atoms with Crippen molar-refractivity contribution in [3.63, 3.8) is 0 Å². The van der Waals surface area contributed by atoms with Gasteiger partial charge in [0.1, 0.15) is 0 Å². The maximum atomic E-state index is 5.34. The molecule has 0 aromatic heterocycles. The highest BCUT2D eigenvalue weighted by Gasteiger charge is 2.08. The van der Waals surface area contributed by atoms with Gasteiger partial charge in [0, 0.05) is 19.8 Å². The summed E-state index contributed by atoms with van der Waals surface area (Å²) in [5.41, 5.74) is 2.79. The third-order valence-corrected chi connectivity index (χ3v) is 1.87. The van der Waals surface area contributed by atoms with Crippen LogP contribution in [0, 0.1) is 5.92 Å². The van der Waals surface area contributed by atoms with Gasteiger partial charge >= 0.3 is 0 Å². The molecule has 0 fully saturated rings. The van der Waals surface area contributed by atoms with Gasteiger partial charge in [0.15, 0.2) is 0 Å². The quantitative estimate of drug-likeness (QED) is 0.448. The predicted molar refractivity (Wildman–Crippen MR) is 47.1 cm³/mol. The van der Waals surface area contributed by atoms with Gasteiger partial charge in [-0.05, 0) is 18.8 Å². The molecule has 68 valence electrons. The number of hydrogen-bond donors (Lipinski definition) is 2. The second-order valence-electron chi connectivity index (χ2n) is 3.07. The fraction of sp³-hybridized carbons (Fsp3) is 1.00. The standard InChI is InChI=1S/C8H20N2O/c1-4-8(10-9)5-7(2)6-11-3/h7-8,10H,4-6,9H2,1-3H3. The number of methoxy groups -OCH3 is 1. The SMILES string of the molecule is CCC(CC(C)COC)NN. The van der Waals surface area contributed by atoms with Crippen molar-refractivity contribution in [1.82, 2.24) is 5.43 Å². The summed E-state index contributed by atoms with van der Waals surface area (Å²) in [6, 6.07) is 0.431. The van der Waals surface area contributed by atoms with Crippen molar-refractivity contribution in [3.8, 4) is 0 Å². The van der Waals surface area contributed by atoms with Gasteiger partial charge in [0.2, 0.25) is 0 Å². The molecule has 3 nitrogen and oxygen atoms in total. The Balaban J connectivity index is 3.44. The summed E-state index contributed by atoms with van der Waals surface area (Å²) in [5.74, 6) is 5.92. The molecule has 0 spiro atoms. The molecule has 2 unspecified atom stereocenters. The summed E-state index contributed by atoms with van der Waals surface area (Å²) >= 11 is 0. The van der Waals surface area contributed by atoms with E-state index >= 15 is 0 Å². The Morgan fingerprint density at radius 3 is 2.55 bits per heavy atom. The molecule has 2 atom stereocenters. The Labute approximate surface area is 69.3 Å². The maximum Gasteiger partial charge on any atom is 0.0488 e. The fourth-order valence-electron chi connectivity index (χ4n) is 1.19. The molecular formula is C8H20N2O. The summed E-state index contributed by atoms with van der Waals surface area (Å²) in [7, 11) is 1.73. The minimum absolute atomic E-state index is 0.431. The first-order valence-electron chi connectivity index (χ1n) is 4.19. The normalized spacial score (nSPS) is 16.4. The highest BCUT2D eigenvalue weighted by Crippen LogP contribution is 2.07. The van der Waals surface area contributed by atoms with Crippen LogP contribution in [0.2, 0.25) is 0 Å². The Morgan fingerprint density at radius 2 is 2.18 bits per heavy atom. The Bertz CT molecular complexity index is 84.2. The van der Waals surface area contributed by atoms with E-state index in [1.807, 2.05) is 0 Å². The van der Waals surface area contributed by atoms with Crippen LogP contribution in [0.3, 0.4) is 0 Å². The lowest BCUT2D eigenvalue weighted by Crippen LogP contribution is -2.36. The van der Waals surface area contributed by atoms with Crippen LogP contribution in [0.5, 0.6) is 0 Å². The summed E-state index contributed by atoms with van der Waals surface area (Å²) < 4.78 is 5.02. The van der Waals surface area contributed by atoms with Crippen LogP contribution in [0.1, 0.15) is 26.7 Å². The first-order chi connectivity index (χ1) is 5.24. The van der Waals surface area contributed by atoms with Gasteiger partial charge in [0.05, 0.1) is 0 Å². The zero-order chi connectivity index (χ0) is 8.69. The van der Waals surface area contributed by atoms with E-state index in [0.29, 0.717) is 12.0 Å². The van der Waals surface area contributed by atoms with Gasteiger partial charge < -0.3 is 4.74 Å². The van der Waals surface area contributed by atoms with Crippen LogP contribution in [-0.2, 0) is 4.74 Å². The number of hydrazine groups is 1. The fourth-order valence-corrected chi connectivity index (χ4v) is 1.19. The number of ether oxygens (including phenoxy) is 1. The van der Waals surface area contributed by atoms with E-state index in [1.54, 1.807) is 7.11 Å². The van der Waals surface area contributed by atoms with Gasteiger partial charge in [-0.2, -0.15) is 0 Å². The van der Waals surface area contributed by atoms with Crippen LogP contribution in [0.4, 0.5) is 0 Å². The van der Waals surface area contributed by atoms with E-state index in [1.165, 1.54) is 0 Å². The van der Waals surface area contributed by atoms with E-state index in [0.717, 1.165) is 19.4 Å². The third kappa shape index (κ3) is 5.18. The molecule has 0 saturated carbocycles. The summed E-state index contributed by atoms with van der Waals surface area (Å²) in [6.45, 7) is 5.12. The van der Waals surface area contributed by atoms with Crippen LogP contribution >= 0.6 is 0 Å². The van der Waals surface area contributed by atoms with Crippen molar-refractivity contribution in [2.24, 2.45) is 11.8 Å². The Morgan fingerprint density at radius 1 is 1.55 bits per heavy atom. The van der Waals surface area contributed by atoms with Crippen molar-refractivity contribution in [2.75, 3.05) is 13.7 Å². The van der Waals surface area contributed by atoms with Crippen molar-refractivity contribution in [3.05, 3.63) is 0 Å². The molecule has 0 aromatic rings. The third-order valence-electron chi connectivity index (χ3n) is 1.87. The molecule has 11 heavy (non-hydrogen) atoms. The van der Waals surface area contributed by atoms with Crippen molar-refractivity contribution in [2.45, 2.75) is 32.7 Å². The Kier molecular flexibility index (Phi) is 6.51.